The Labute approximate surface area is 132 Å². The molecule has 3 N–H and O–H groups in total. The monoisotopic (exact) mass is 302 g/mol. The Morgan fingerprint density at radius 1 is 1.41 bits per heavy atom. The van der Waals surface area contributed by atoms with Gasteiger partial charge in [-0.2, -0.15) is 0 Å². The molecule has 0 aliphatic carbocycles. The molecular weight excluding hydrogens is 276 g/mol. The van der Waals surface area contributed by atoms with Crippen LogP contribution in [0.5, 0.6) is 0 Å². The highest BCUT2D eigenvalue weighted by Crippen LogP contribution is 2.21. The quantitative estimate of drug-likeness (QED) is 0.632. The molecule has 1 aliphatic heterocycles. The van der Waals surface area contributed by atoms with E-state index in [1.54, 1.807) is 6.08 Å². The summed E-state index contributed by atoms with van der Waals surface area (Å²) in [4.78, 5) is 13.8. The Morgan fingerprint density at radius 2 is 2.18 bits per heavy atom. The van der Waals surface area contributed by atoms with Gasteiger partial charge in [-0.05, 0) is 19.0 Å². The van der Waals surface area contributed by atoms with Gasteiger partial charge < -0.3 is 10.2 Å². The number of hydrogen-bond donors (Lipinski definition) is 3. The van der Waals surface area contributed by atoms with Crippen molar-refractivity contribution in [2.75, 3.05) is 26.7 Å². The van der Waals surface area contributed by atoms with E-state index >= 15 is 0 Å². The zero-order valence-corrected chi connectivity index (χ0v) is 13.2. The molecule has 0 bridgehead atoms. The van der Waals surface area contributed by atoms with Gasteiger partial charge in [-0.1, -0.05) is 36.4 Å². The van der Waals surface area contributed by atoms with Gasteiger partial charge in [0.2, 0.25) is 5.91 Å². The van der Waals surface area contributed by atoms with Gasteiger partial charge in [-0.25, -0.2) is 5.43 Å². The van der Waals surface area contributed by atoms with Crippen molar-refractivity contribution in [1.82, 2.24) is 21.1 Å². The highest BCUT2D eigenvalue weighted by Gasteiger charge is 2.25. The van der Waals surface area contributed by atoms with Gasteiger partial charge in [0.25, 0.3) is 0 Å². The molecule has 0 aromatic heterocycles. The minimum absolute atomic E-state index is 0.0754. The number of likely N-dealkylation sites (N-methyl/N-ethyl adjacent to an activating group) is 1. The van der Waals surface area contributed by atoms with Crippen molar-refractivity contribution in [3.05, 3.63) is 48.6 Å². The number of carbonyl (C=O) groups is 1. The fourth-order valence-corrected chi connectivity index (χ4v) is 2.68. The molecule has 22 heavy (non-hydrogen) atoms. The first-order valence-electron chi connectivity index (χ1n) is 7.81. The number of benzene rings is 1. The first-order chi connectivity index (χ1) is 10.7. The lowest BCUT2D eigenvalue weighted by molar-refractivity contribution is -0.121. The van der Waals surface area contributed by atoms with E-state index in [1.807, 2.05) is 6.07 Å². The lowest BCUT2D eigenvalue weighted by atomic mass is 10.0. The normalized spacial score (nSPS) is 21.0. The molecule has 1 amide bonds. The summed E-state index contributed by atoms with van der Waals surface area (Å²) in [5, 5.41) is 2.80. The number of carbonyl (C=O) groups excluding carboxylic acids is 1. The average molecular weight is 302 g/mol. The largest absolute Gasteiger partial charge is 0.353 e. The summed E-state index contributed by atoms with van der Waals surface area (Å²) in [7, 11) is 2.05. The van der Waals surface area contributed by atoms with Crippen molar-refractivity contribution in [2.24, 2.45) is 0 Å². The van der Waals surface area contributed by atoms with E-state index in [4.69, 9.17) is 0 Å². The number of nitrogens with zero attached hydrogens (tertiary/aromatic N) is 1. The van der Waals surface area contributed by atoms with Crippen LogP contribution in [0, 0.1) is 0 Å². The van der Waals surface area contributed by atoms with Crippen LogP contribution in [0.2, 0.25) is 0 Å². The molecule has 1 aromatic rings. The van der Waals surface area contributed by atoms with Crippen LogP contribution >= 0.6 is 0 Å². The summed E-state index contributed by atoms with van der Waals surface area (Å²) in [5.41, 5.74) is 8.02. The maximum Gasteiger partial charge on any atom is 0.221 e. The highest BCUT2D eigenvalue weighted by atomic mass is 16.1. The van der Waals surface area contributed by atoms with Crippen molar-refractivity contribution < 1.29 is 4.79 Å². The molecule has 1 aromatic carbocycles. The second-order valence-corrected chi connectivity index (χ2v) is 5.79. The van der Waals surface area contributed by atoms with Crippen LogP contribution in [0.1, 0.15) is 24.4 Å². The predicted molar refractivity (Wildman–Crippen MR) is 89.2 cm³/mol. The summed E-state index contributed by atoms with van der Waals surface area (Å²) >= 11 is 0. The molecule has 2 unspecified atom stereocenters. The van der Waals surface area contributed by atoms with E-state index in [1.165, 1.54) is 5.56 Å². The van der Waals surface area contributed by atoms with Crippen molar-refractivity contribution >= 4 is 5.91 Å². The summed E-state index contributed by atoms with van der Waals surface area (Å²) in [5.74, 6) is 0.0754. The maximum atomic E-state index is 11.6. The Balaban J connectivity index is 1.69. The summed E-state index contributed by atoms with van der Waals surface area (Å²) < 4.78 is 0. The second kappa shape index (κ2) is 8.68. The predicted octanol–water partition coefficient (Wildman–Crippen LogP) is 1.22. The molecule has 0 radical (unpaired) electrons. The third-order valence-electron chi connectivity index (χ3n) is 3.88. The Kier molecular flexibility index (Phi) is 6.58. The van der Waals surface area contributed by atoms with Gasteiger partial charge in [-0.15, -0.1) is 6.58 Å². The maximum absolute atomic E-state index is 11.6. The molecular formula is C17H26N4O. The van der Waals surface area contributed by atoms with Gasteiger partial charge in [0, 0.05) is 38.1 Å². The molecule has 1 heterocycles. The minimum Gasteiger partial charge on any atom is -0.353 e. The first-order valence-corrected chi connectivity index (χ1v) is 7.81. The van der Waals surface area contributed by atoms with Gasteiger partial charge in [-0.3, -0.25) is 10.2 Å². The van der Waals surface area contributed by atoms with Gasteiger partial charge >= 0.3 is 0 Å². The van der Waals surface area contributed by atoms with Crippen LogP contribution < -0.4 is 16.2 Å². The van der Waals surface area contributed by atoms with E-state index < -0.39 is 0 Å². The molecule has 5 heteroatoms. The minimum atomic E-state index is 0.0754. The van der Waals surface area contributed by atoms with Crippen LogP contribution in [0.15, 0.2) is 43.0 Å². The summed E-state index contributed by atoms with van der Waals surface area (Å²) in [6.45, 7) is 5.81. The molecule has 2 rings (SSSR count). The third kappa shape index (κ3) is 5.26. The smallest absolute Gasteiger partial charge is 0.221 e. The van der Waals surface area contributed by atoms with Crippen LogP contribution in [-0.4, -0.2) is 43.5 Å². The van der Waals surface area contributed by atoms with Crippen molar-refractivity contribution in [1.29, 1.82) is 0 Å². The molecule has 0 saturated carbocycles. The first kappa shape index (κ1) is 16.7. The van der Waals surface area contributed by atoms with Crippen LogP contribution in [0.4, 0.5) is 0 Å². The molecule has 2 atom stereocenters. The van der Waals surface area contributed by atoms with Gasteiger partial charge in [0.15, 0.2) is 0 Å². The molecule has 120 valence electrons. The second-order valence-electron chi connectivity index (χ2n) is 5.79. The number of hydrazine groups is 1. The molecule has 0 spiro atoms. The van der Waals surface area contributed by atoms with Crippen LogP contribution in [0.3, 0.4) is 0 Å². The van der Waals surface area contributed by atoms with Crippen LogP contribution in [-0.2, 0) is 4.79 Å². The van der Waals surface area contributed by atoms with Crippen molar-refractivity contribution in [2.45, 2.75) is 24.9 Å². The van der Waals surface area contributed by atoms with E-state index in [0.29, 0.717) is 25.0 Å². The highest BCUT2D eigenvalue weighted by molar-refractivity contribution is 5.76. The number of nitrogens with one attached hydrogen (secondary N) is 3. The molecule has 1 aliphatic rings. The van der Waals surface area contributed by atoms with E-state index in [-0.39, 0.29) is 5.91 Å². The Morgan fingerprint density at radius 3 is 2.91 bits per heavy atom. The van der Waals surface area contributed by atoms with Gasteiger partial charge in [0.05, 0.1) is 0 Å². The van der Waals surface area contributed by atoms with Crippen molar-refractivity contribution in [3.63, 3.8) is 0 Å². The zero-order chi connectivity index (χ0) is 15.8. The zero-order valence-electron chi connectivity index (χ0n) is 13.2. The number of hydrogen-bond acceptors (Lipinski definition) is 4. The average Bonchev–Trinajstić information content (AvgIpc) is 3.00. The van der Waals surface area contributed by atoms with E-state index in [0.717, 1.165) is 19.5 Å². The lowest BCUT2D eigenvalue weighted by Crippen LogP contribution is -2.40. The van der Waals surface area contributed by atoms with Crippen molar-refractivity contribution in [3.8, 4) is 0 Å². The Bertz CT molecular complexity index is 477. The van der Waals surface area contributed by atoms with E-state index in [9.17, 15) is 4.79 Å². The fourth-order valence-electron chi connectivity index (χ4n) is 2.68. The summed E-state index contributed by atoms with van der Waals surface area (Å²) in [6, 6.07) is 11.2. The standard InChI is InChI=1S/C17H26N4O/c1-3-10-18-17(22)9-11-21(2)13-15-12-16(20-19-15)14-7-5-4-6-8-14/h3-8,15-16,19-20H,1,9-13H2,2H3,(H,18,22). The lowest BCUT2D eigenvalue weighted by Gasteiger charge is -2.20. The van der Waals surface area contributed by atoms with E-state index in [2.05, 4.69) is 59.0 Å². The molecule has 1 saturated heterocycles. The third-order valence-corrected chi connectivity index (χ3v) is 3.88. The topological polar surface area (TPSA) is 56.4 Å². The molecule has 1 fully saturated rings. The summed E-state index contributed by atoms with van der Waals surface area (Å²) in [6.07, 6.45) is 3.27. The fraction of sp³-hybridized carbons (Fsp3) is 0.471. The Hall–Kier alpha value is -1.69. The van der Waals surface area contributed by atoms with Gasteiger partial charge in [0.1, 0.15) is 0 Å². The number of rotatable bonds is 8. The molecule has 5 nitrogen and oxygen atoms in total. The number of amides is 1. The van der Waals surface area contributed by atoms with Crippen LogP contribution in [0.25, 0.3) is 0 Å². The SMILES string of the molecule is C=CCNC(=O)CCN(C)CC1CC(c2ccccc2)NN1.